The van der Waals surface area contributed by atoms with Gasteiger partial charge >= 0.3 is 5.97 Å². The van der Waals surface area contributed by atoms with E-state index in [4.69, 9.17) is 4.74 Å². The summed E-state index contributed by atoms with van der Waals surface area (Å²) in [7, 11) is 0. The van der Waals surface area contributed by atoms with Crippen molar-refractivity contribution in [2.75, 3.05) is 12.4 Å². The van der Waals surface area contributed by atoms with Gasteiger partial charge in [0.05, 0.1) is 11.3 Å². The Hall–Kier alpha value is -1.69. The number of carboxylic acid groups (broad SMARTS) is 1. The lowest BCUT2D eigenvalue weighted by Crippen LogP contribution is -2.49. The van der Waals surface area contributed by atoms with Crippen LogP contribution in [0.1, 0.15) is 12.5 Å². The molecule has 0 aromatic heterocycles. The largest absolute Gasteiger partial charge is 0.492 e. The molecule has 2 heterocycles. The summed E-state index contributed by atoms with van der Waals surface area (Å²) in [5.74, 6) is -0.0818. The fourth-order valence-electron chi connectivity index (χ4n) is 2.86. The minimum atomic E-state index is -0.933. The highest BCUT2D eigenvalue weighted by Crippen LogP contribution is 2.33. The molecule has 2 aliphatic heterocycles. The minimum Gasteiger partial charge on any atom is -0.492 e. The molecule has 6 heteroatoms. The van der Waals surface area contributed by atoms with Crippen molar-refractivity contribution in [1.82, 2.24) is 4.90 Å². The molecule has 3 unspecified atom stereocenters. The summed E-state index contributed by atoms with van der Waals surface area (Å²) in [6.45, 7) is 2.19. The number of hydrogen-bond acceptors (Lipinski definition) is 4. The molecule has 0 aliphatic carbocycles. The van der Waals surface area contributed by atoms with Crippen LogP contribution in [0.3, 0.4) is 0 Å². The number of carboxylic acids is 1. The summed E-state index contributed by atoms with van der Waals surface area (Å²) < 4.78 is 5.65. The Bertz CT molecular complexity index is 577. The van der Waals surface area contributed by atoms with Crippen molar-refractivity contribution < 1.29 is 19.4 Å². The van der Waals surface area contributed by atoms with Crippen LogP contribution in [-0.4, -0.2) is 45.7 Å². The number of rotatable bonds is 2. The molecule has 1 saturated heterocycles. The predicted octanol–water partition coefficient (Wildman–Crippen LogP) is 1.61. The number of amides is 1. The Morgan fingerprint density at radius 1 is 1.38 bits per heavy atom. The van der Waals surface area contributed by atoms with Gasteiger partial charge in [-0.2, -0.15) is 0 Å². The van der Waals surface area contributed by atoms with Gasteiger partial charge in [-0.1, -0.05) is 18.2 Å². The second kappa shape index (κ2) is 5.60. The molecule has 3 rings (SSSR count). The van der Waals surface area contributed by atoms with Gasteiger partial charge in [0.2, 0.25) is 5.91 Å². The van der Waals surface area contributed by atoms with Crippen LogP contribution in [0.25, 0.3) is 0 Å². The Morgan fingerprint density at radius 3 is 2.90 bits per heavy atom. The summed E-state index contributed by atoms with van der Waals surface area (Å²) in [5, 5.41) is 9.17. The zero-order valence-corrected chi connectivity index (χ0v) is 12.5. The lowest BCUT2D eigenvalue weighted by Gasteiger charge is -2.31. The summed E-state index contributed by atoms with van der Waals surface area (Å²) in [4.78, 5) is 25.5. The van der Waals surface area contributed by atoms with Crippen molar-refractivity contribution in [3.8, 4) is 5.75 Å². The van der Waals surface area contributed by atoms with E-state index in [0.29, 0.717) is 18.8 Å². The molecular formula is C15H17NO4S. The SMILES string of the molecule is CC1SCC(C(=O)O)N1C(=O)C1COc2ccccc2C1. The van der Waals surface area contributed by atoms with Crippen molar-refractivity contribution in [1.29, 1.82) is 0 Å². The molecule has 1 amide bonds. The second-order valence-electron chi connectivity index (χ2n) is 5.35. The van der Waals surface area contributed by atoms with Crippen molar-refractivity contribution in [3.05, 3.63) is 29.8 Å². The number of benzene rings is 1. The van der Waals surface area contributed by atoms with E-state index in [2.05, 4.69) is 0 Å². The Labute approximate surface area is 127 Å². The number of para-hydroxylation sites is 1. The summed E-state index contributed by atoms with van der Waals surface area (Å²) in [6, 6.07) is 6.94. The molecule has 112 valence electrons. The first-order valence-electron chi connectivity index (χ1n) is 6.95. The molecular weight excluding hydrogens is 290 g/mol. The van der Waals surface area contributed by atoms with Crippen LogP contribution < -0.4 is 4.74 Å². The van der Waals surface area contributed by atoms with E-state index in [1.807, 2.05) is 31.2 Å². The fraction of sp³-hybridized carbons (Fsp3) is 0.467. The maximum absolute atomic E-state index is 12.7. The number of hydrogen-bond donors (Lipinski definition) is 1. The van der Waals surface area contributed by atoms with Gasteiger partial charge in [-0.3, -0.25) is 4.79 Å². The number of thioether (sulfide) groups is 1. The maximum Gasteiger partial charge on any atom is 0.327 e. The van der Waals surface area contributed by atoms with E-state index in [1.54, 1.807) is 0 Å². The number of ether oxygens (including phenoxy) is 1. The summed E-state index contributed by atoms with van der Waals surface area (Å²) >= 11 is 1.50. The Balaban J connectivity index is 1.78. The predicted molar refractivity (Wildman–Crippen MR) is 79.3 cm³/mol. The van der Waals surface area contributed by atoms with Gasteiger partial charge in [-0.25, -0.2) is 4.79 Å². The number of aliphatic carboxylic acids is 1. The third-order valence-electron chi connectivity index (χ3n) is 3.99. The Morgan fingerprint density at radius 2 is 2.14 bits per heavy atom. The molecule has 0 spiro atoms. The zero-order valence-electron chi connectivity index (χ0n) is 11.7. The van der Waals surface area contributed by atoms with Gasteiger partial charge in [0.15, 0.2) is 0 Å². The number of fused-ring (bicyclic) bond motifs is 1. The van der Waals surface area contributed by atoms with Crippen molar-refractivity contribution >= 4 is 23.6 Å². The van der Waals surface area contributed by atoms with Crippen LogP contribution >= 0.6 is 11.8 Å². The lowest BCUT2D eigenvalue weighted by molar-refractivity contribution is -0.151. The molecule has 2 aliphatic rings. The quantitative estimate of drug-likeness (QED) is 0.899. The maximum atomic E-state index is 12.7. The van der Waals surface area contributed by atoms with Gasteiger partial charge in [0, 0.05) is 5.75 Å². The molecule has 1 aromatic rings. The highest BCUT2D eigenvalue weighted by molar-refractivity contribution is 8.00. The van der Waals surface area contributed by atoms with E-state index in [1.165, 1.54) is 16.7 Å². The smallest absolute Gasteiger partial charge is 0.327 e. The van der Waals surface area contributed by atoms with Crippen LogP contribution in [0.15, 0.2) is 24.3 Å². The van der Waals surface area contributed by atoms with Crippen LogP contribution in [0.5, 0.6) is 5.75 Å². The minimum absolute atomic E-state index is 0.101. The van der Waals surface area contributed by atoms with Crippen molar-refractivity contribution in [2.45, 2.75) is 24.8 Å². The van der Waals surface area contributed by atoms with E-state index in [9.17, 15) is 14.7 Å². The topological polar surface area (TPSA) is 66.8 Å². The molecule has 1 aromatic carbocycles. The molecule has 1 fully saturated rings. The third kappa shape index (κ3) is 2.60. The molecule has 0 saturated carbocycles. The fourth-order valence-corrected chi connectivity index (χ4v) is 4.04. The summed E-state index contributed by atoms with van der Waals surface area (Å²) in [5.41, 5.74) is 1.01. The normalized spacial score (nSPS) is 27.9. The first-order valence-corrected chi connectivity index (χ1v) is 8.00. The van der Waals surface area contributed by atoms with E-state index in [-0.39, 0.29) is 17.2 Å². The molecule has 21 heavy (non-hydrogen) atoms. The Kier molecular flexibility index (Phi) is 3.80. The van der Waals surface area contributed by atoms with Gasteiger partial charge in [0.1, 0.15) is 18.4 Å². The van der Waals surface area contributed by atoms with Crippen LogP contribution in [0.4, 0.5) is 0 Å². The van der Waals surface area contributed by atoms with Crippen molar-refractivity contribution in [2.24, 2.45) is 5.92 Å². The average molecular weight is 307 g/mol. The molecule has 3 atom stereocenters. The van der Waals surface area contributed by atoms with E-state index in [0.717, 1.165) is 11.3 Å². The van der Waals surface area contributed by atoms with Gasteiger partial charge in [0.25, 0.3) is 0 Å². The van der Waals surface area contributed by atoms with Gasteiger partial charge in [-0.15, -0.1) is 11.8 Å². The van der Waals surface area contributed by atoms with Gasteiger partial charge < -0.3 is 14.7 Å². The highest BCUT2D eigenvalue weighted by atomic mass is 32.2. The van der Waals surface area contributed by atoms with E-state index >= 15 is 0 Å². The number of carbonyl (C=O) groups excluding carboxylic acids is 1. The average Bonchev–Trinajstić information content (AvgIpc) is 2.88. The lowest BCUT2D eigenvalue weighted by atomic mass is 9.95. The first kappa shape index (κ1) is 14.3. The zero-order chi connectivity index (χ0) is 15.0. The molecule has 1 N–H and O–H groups in total. The molecule has 0 bridgehead atoms. The number of nitrogens with zero attached hydrogens (tertiary/aromatic N) is 1. The third-order valence-corrected chi connectivity index (χ3v) is 5.21. The monoisotopic (exact) mass is 307 g/mol. The second-order valence-corrected chi connectivity index (χ2v) is 6.70. The van der Waals surface area contributed by atoms with Crippen LogP contribution in [0.2, 0.25) is 0 Å². The summed E-state index contributed by atoms with van der Waals surface area (Å²) in [6.07, 6.45) is 0.606. The molecule has 5 nitrogen and oxygen atoms in total. The molecule has 0 radical (unpaired) electrons. The first-order chi connectivity index (χ1) is 10.1. The van der Waals surface area contributed by atoms with Gasteiger partial charge in [-0.05, 0) is 25.0 Å². The van der Waals surface area contributed by atoms with Crippen LogP contribution in [0, 0.1) is 5.92 Å². The van der Waals surface area contributed by atoms with Crippen LogP contribution in [-0.2, 0) is 16.0 Å². The highest BCUT2D eigenvalue weighted by Gasteiger charge is 2.42. The standard InChI is InChI=1S/C15H17NO4S/c1-9-16(12(8-21-9)15(18)19)14(17)11-6-10-4-2-3-5-13(10)20-7-11/h2-5,9,11-12H,6-8H2,1H3,(H,18,19). The van der Waals surface area contributed by atoms with Crippen molar-refractivity contribution in [3.63, 3.8) is 0 Å². The van der Waals surface area contributed by atoms with E-state index < -0.39 is 12.0 Å². The number of carbonyl (C=O) groups is 2.